The summed E-state index contributed by atoms with van der Waals surface area (Å²) in [4.78, 5) is 38.4. The van der Waals surface area contributed by atoms with Gasteiger partial charge in [-0.15, -0.1) is 0 Å². The summed E-state index contributed by atoms with van der Waals surface area (Å²) >= 11 is 0. The van der Waals surface area contributed by atoms with E-state index in [2.05, 4.69) is 130 Å². The first-order valence-electron chi connectivity index (χ1n) is 34.4. The molecule has 0 spiro atoms. The molecule has 0 aliphatic heterocycles. The van der Waals surface area contributed by atoms with Gasteiger partial charge in [0, 0.05) is 19.3 Å². The molecule has 464 valence electrons. The normalized spacial score (nSPS) is 12.8. The molecule has 0 bridgehead atoms. The molecule has 0 fully saturated rings. The summed E-state index contributed by atoms with van der Waals surface area (Å²) in [6.45, 7) is 6.50. The van der Waals surface area contributed by atoms with E-state index < -0.39 is 6.10 Å². The topological polar surface area (TPSA) is 78.9 Å². The highest BCUT2D eigenvalue weighted by molar-refractivity contribution is 5.71. The van der Waals surface area contributed by atoms with Crippen LogP contribution < -0.4 is 0 Å². The van der Waals surface area contributed by atoms with E-state index >= 15 is 0 Å². The van der Waals surface area contributed by atoms with Crippen molar-refractivity contribution in [2.75, 3.05) is 13.2 Å². The maximum atomic E-state index is 12.9. The molecular formula is C75H128O6. The van der Waals surface area contributed by atoms with Crippen LogP contribution in [-0.2, 0) is 28.6 Å². The summed E-state index contributed by atoms with van der Waals surface area (Å²) in [5.41, 5.74) is 0. The number of allylic oxidation sites excluding steroid dienone is 18. The predicted molar refractivity (Wildman–Crippen MR) is 353 cm³/mol. The Hall–Kier alpha value is -3.93. The second kappa shape index (κ2) is 68.6. The van der Waals surface area contributed by atoms with Gasteiger partial charge >= 0.3 is 17.9 Å². The van der Waals surface area contributed by atoms with Crippen LogP contribution in [0.5, 0.6) is 0 Å². The van der Waals surface area contributed by atoms with Gasteiger partial charge < -0.3 is 14.2 Å². The Balaban J connectivity index is 4.42. The van der Waals surface area contributed by atoms with E-state index in [4.69, 9.17) is 14.2 Å². The lowest BCUT2D eigenvalue weighted by Gasteiger charge is -2.18. The summed E-state index contributed by atoms with van der Waals surface area (Å²) in [5, 5.41) is 0. The third kappa shape index (κ3) is 66.8. The third-order valence-electron chi connectivity index (χ3n) is 14.7. The minimum atomic E-state index is -0.815. The molecule has 1 unspecified atom stereocenters. The van der Waals surface area contributed by atoms with E-state index in [-0.39, 0.29) is 37.5 Å². The van der Waals surface area contributed by atoms with Gasteiger partial charge in [0.15, 0.2) is 6.10 Å². The minimum absolute atomic E-state index is 0.103. The van der Waals surface area contributed by atoms with Gasteiger partial charge in [-0.3, -0.25) is 14.4 Å². The maximum Gasteiger partial charge on any atom is 0.306 e. The summed E-state index contributed by atoms with van der Waals surface area (Å²) in [5.74, 6) is -0.962. The Morgan fingerprint density at radius 1 is 0.259 bits per heavy atom. The highest BCUT2D eigenvalue weighted by atomic mass is 16.6. The SMILES string of the molecule is CC/C=C\C/C=C\C/C=C\C/C=C\C/C=C\C/C=C\C/C=C\CCCC(=O)OC(COC(=O)CCCCCCC/C=C\CCCCCCCC)COC(=O)CCCCCCCCCCCCCCC/C=C\CCCCCCCCCC. The molecule has 0 aliphatic carbocycles. The van der Waals surface area contributed by atoms with Crippen LogP contribution in [0, 0.1) is 0 Å². The molecule has 0 aromatic carbocycles. The van der Waals surface area contributed by atoms with Crippen molar-refractivity contribution in [1.82, 2.24) is 0 Å². The minimum Gasteiger partial charge on any atom is -0.462 e. The summed E-state index contributed by atoms with van der Waals surface area (Å²) in [7, 11) is 0. The first-order valence-corrected chi connectivity index (χ1v) is 34.4. The fourth-order valence-electron chi connectivity index (χ4n) is 9.60. The Bertz CT molecular complexity index is 1620. The molecule has 0 aliphatic rings. The van der Waals surface area contributed by atoms with E-state index in [1.807, 2.05) is 0 Å². The van der Waals surface area contributed by atoms with E-state index in [9.17, 15) is 14.4 Å². The Labute approximate surface area is 501 Å². The van der Waals surface area contributed by atoms with Crippen molar-refractivity contribution in [2.45, 2.75) is 335 Å². The lowest BCUT2D eigenvalue weighted by atomic mass is 10.0. The summed E-state index contributed by atoms with van der Waals surface area (Å²) < 4.78 is 16.9. The van der Waals surface area contributed by atoms with E-state index in [0.717, 1.165) is 103 Å². The number of carbonyl (C=O) groups is 3. The van der Waals surface area contributed by atoms with Gasteiger partial charge in [0.25, 0.3) is 0 Å². The van der Waals surface area contributed by atoms with Crippen molar-refractivity contribution >= 4 is 17.9 Å². The van der Waals surface area contributed by atoms with Crippen molar-refractivity contribution in [3.63, 3.8) is 0 Å². The van der Waals surface area contributed by atoms with Gasteiger partial charge in [0.05, 0.1) is 0 Å². The summed E-state index contributed by atoms with van der Waals surface area (Å²) in [6, 6.07) is 0. The van der Waals surface area contributed by atoms with Crippen LogP contribution in [0.25, 0.3) is 0 Å². The molecule has 6 heteroatoms. The standard InChI is InChI=1S/C75H128O6/c1-4-7-10-13-16-19-22-25-28-30-32-34-36-37-39-40-42-44-47-50-53-56-59-62-65-68-74(77)80-71-72(70-79-73(76)67-64-61-58-55-52-49-46-27-24-21-18-15-12-9-6-3)81-75(78)69-66-63-60-57-54-51-48-45-43-41-38-35-33-31-29-26-23-20-17-14-11-8-5-2/h8,11,17,20,26-27,29-30,32-33,35,41,43,46,48,51,57,60,72H,4-7,9-10,12-16,18-19,21-25,28,31,34,36-40,42,44-45,47,49-50,52-56,58-59,61-71H2,1-3H3/b11-8-,20-17-,29-26-,32-30-,35-33-,43-41-,46-27-,51-48-,60-57-. The molecule has 0 saturated carbocycles. The lowest BCUT2D eigenvalue weighted by molar-refractivity contribution is -0.167. The van der Waals surface area contributed by atoms with Crippen molar-refractivity contribution < 1.29 is 28.6 Å². The van der Waals surface area contributed by atoms with Gasteiger partial charge in [-0.1, -0.05) is 297 Å². The average Bonchev–Trinajstić information content (AvgIpc) is 3.47. The number of esters is 3. The van der Waals surface area contributed by atoms with Crippen LogP contribution in [0.1, 0.15) is 329 Å². The molecule has 0 radical (unpaired) electrons. The Morgan fingerprint density at radius 2 is 0.494 bits per heavy atom. The van der Waals surface area contributed by atoms with Gasteiger partial charge in [-0.05, 0) is 122 Å². The third-order valence-corrected chi connectivity index (χ3v) is 14.7. The second-order valence-corrected chi connectivity index (χ2v) is 22.7. The molecule has 0 saturated heterocycles. The number of carbonyl (C=O) groups excluding carboxylic acids is 3. The van der Waals surface area contributed by atoms with Crippen molar-refractivity contribution in [3.05, 3.63) is 109 Å². The fourth-order valence-corrected chi connectivity index (χ4v) is 9.60. The number of ether oxygens (including phenoxy) is 3. The smallest absolute Gasteiger partial charge is 0.306 e. The predicted octanol–water partition coefficient (Wildman–Crippen LogP) is 23.8. The molecule has 0 aromatic heterocycles. The molecule has 0 amide bonds. The van der Waals surface area contributed by atoms with Gasteiger partial charge in [-0.2, -0.15) is 0 Å². The highest BCUT2D eigenvalue weighted by Crippen LogP contribution is 2.16. The highest BCUT2D eigenvalue weighted by Gasteiger charge is 2.19. The number of hydrogen-bond acceptors (Lipinski definition) is 6. The molecule has 0 aromatic rings. The van der Waals surface area contributed by atoms with Crippen molar-refractivity contribution in [3.8, 4) is 0 Å². The van der Waals surface area contributed by atoms with Crippen LogP contribution in [-0.4, -0.2) is 37.2 Å². The van der Waals surface area contributed by atoms with Crippen molar-refractivity contribution in [1.29, 1.82) is 0 Å². The molecule has 0 N–H and O–H groups in total. The van der Waals surface area contributed by atoms with Crippen LogP contribution >= 0.6 is 0 Å². The largest absolute Gasteiger partial charge is 0.462 e. The summed E-state index contributed by atoms with van der Waals surface area (Å²) in [6.07, 6.45) is 94.0. The maximum absolute atomic E-state index is 12.9. The van der Waals surface area contributed by atoms with Gasteiger partial charge in [0.1, 0.15) is 13.2 Å². The first kappa shape index (κ1) is 77.1. The fraction of sp³-hybridized carbons (Fsp3) is 0.720. The molecule has 0 heterocycles. The number of hydrogen-bond donors (Lipinski definition) is 0. The van der Waals surface area contributed by atoms with Crippen LogP contribution in [0.3, 0.4) is 0 Å². The zero-order valence-corrected chi connectivity index (χ0v) is 53.3. The Morgan fingerprint density at radius 3 is 0.802 bits per heavy atom. The lowest BCUT2D eigenvalue weighted by Crippen LogP contribution is -2.30. The number of unbranched alkanes of at least 4 members (excludes halogenated alkanes) is 33. The zero-order valence-electron chi connectivity index (χ0n) is 53.3. The van der Waals surface area contributed by atoms with Crippen molar-refractivity contribution in [2.24, 2.45) is 0 Å². The quantitative estimate of drug-likeness (QED) is 0.0261. The number of rotatable bonds is 62. The van der Waals surface area contributed by atoms with Crippen LogP contribution in [0.4, 0.5) is 0 Å². The zero-order chi connectivity index (χ0) is 58.5. The second-order valence-electron chi connectivity index (χ2n) is 22.7. The first-order chi connectivity index (χ1) is 40.0. The monoisotopic (exact) mass is 1120 g/mol. The molecule has 81 heavy (non-hydrogen) atoms. The van der Waals surface area contributed by atoms with Gasteiger partial charge in [0.2, 0.25) is 0 Å². The van der Waals surface area contributed by atoms with Crippen LogP contribution in [0.15, 0.2) is 109 Å². The molecule has 1 atom stereocenters. The van der Waals surface area contributed by atoms with Crippen LogP contribution in [0.2, 0.25) is 0 Å². The molecule has 0 rings (SSSR count). The molecular weight excluding hydrogens is 997 g/mol. The van der Waals surface area contributed by atoms with Gasteiger partial charge in [-0.25, -0.2) is 0 Å². The van der Waals surface area contributed by atoms with E-state index in [0.29, 0.717) is 19.3 Å². The average molecular weight is 1130 g/mol. The molecule has 6 nitrogen and oxygen atoms in total. The Kier molecular flexibility index (Phi) is 65.2. The van der Waals surface area contributed by atoms with E-state index in [1.54, 1.807) is 0 Å². The van der Waals surface area contributed by atoms with E-state index in [1.165, 1.54) is 180 Å².